The highest BCUT2D eigenvalue weighted by molar-refractivity contribution is 7.80. The molecule has 1 atom stereocenters. The van der Waals surface area contributed by atoms with Gasteiger partial charge in [-0.15, -0.1) is 10.2 Å². The van der Waals surface area contributed by atoms with E-state index in [1.165, 1.54) is 0 Å². The predicted molar refractivity (Wildman–Crippen MR) is 80.8 cm³/mol. The fraction of sp³-hybridized carbons (Fsp3) is 0.357. The first-order chi connectivity index (χ1) is 9.69. The van der Waals surface area contributed by atoms with Crippen LogP contribution in [0.2, 0.25) is 0 Å². The maximum absolute atomic E-state index is 12.1. The fourth-order valence-corrected chi connectivity index (χ4v) is 2.76. The van der Waals surface area contributed by atoms with E-state index in [-0.39, 0.29) is 5.91 Å². The van der Waals surface area contributed by atoms with Crippen LogP contribution >= 0.6 is 12.6 Å². The smallest absolute Gasteiger partial charge is 0.227 e. The van der Waals surface area contributed by atoms with Gasteiger partial charge in [0.1, 0.15) is 6.33 Å². The van der Waals surface area contributed by atoms with Gasteiger partial charge in [-0.3, -0.25) is 4.79 Å². The minimum atomic E-state index is 0.166. The van der Waals surface area contributed by atoms with E-state index in [0.29, 0.717) is 12.3 Å². The largest absolute Gasteiger partial charge is 0.317 e. The Balaban J connectivity index is 1.92. The molecule has 2 aromatic rings. The summed E-state index contributed by atoms with van der Waals surface area (Å²) in [6.45, 7) is 0.741. The second-order valence-electron chi connectivity index (χ2n) is 5.07. The van der Waals surface area contributed by atoms with Crippen LogP contribution in [0.4, 0.5) is 5.69 Å². The molecule has 5 nitrogen and oxygen atoms in total. The number of carbonyl (C=O) groups excluding carboxylic acids is 1. The van der Waals surface area contributed by atoms with Gasteiger partial charge in [-0.05, 0) is 23.8 Å². The van der Waals surface area contributed by atoms with E-state index >= 15 is 0 Å². The van der Waals surface area contributed by atoms with Gasteiger partial charge in [-0.2, -0.15) is 12.6 Å². The topological polar surface area (TPSA) is 51.0 Å². The summed E-state index contributed by atoms with van der Waals surface area (Å²) in [5.74, 6) is 2.04. The molecule has 0 N–H and O–H groups in total. The Bertz CT molecular complexity index is 640. The summed E-state index contributed by atoms with van der Waals surface area (Å²) in [4.78, 5) is 13.9. The summed E-state index contributed by atoms with van der Waals surface area (Å²) < 4.78 is 1.86. The van der Waals surface area contributed by atoms with Gasteiger partial charge in [0.2, 0.25) is 5.91 Å². The zero-order valence-electron chi connectivity index (χ0n) is 11.2. The summed E-state index contributed by atoms with van der Waals surface area (Å²) >= 11 is 4.29. The van der Waals surface area contributed by atoms with Crippen LogP contribution in [0.3, 0.4) is 0 Å². The summed E-state index contributed by atoms with van der Waals surface area (Å²) in [6.07, 6.45) is 2.25. The predicted octanol–water partition coefficient (Wildman–Crippen LogP) is 1.76. The molecule has 0 spiro atoms. The normalized spacial score (nSPS) is 18.8. The van der Waals surface area contributed by atoms with E-state index in [1.54, 1.807) is 6.33 Å². The lowest BCUT2D eigenvalue weighted by atomic mass is 10.1. The fourth-order valence-electron chi connectivity index (χ4n) is 2.51. The molecule has 0 aliphatic carbocycles. The first kappa shape index (κ1) is 13.2. The number of hydrogen-bond acceptors (Lipinski definition) is 4. The maximum Gasteiger partial charge on any atom is 0.227 e. The van der Waals surface area contributed by atoms with Crippen LogP contribution < -0.4 is 4.90 Å². The lowest BCUT2D eigenvalue weighted by Crippen LogP contribution is -2.24. The summed E-state index contributed by atoms with van der Waals surface area (Å²) in [5, 5.41) is 7.99. The van der Waals surface area contributed by atoms with Crippen molar-refractivity contribution in [1.82, 2.24) is 14.8 Å². The number of rotatable bonds is 3. The molecule has 1 amide bonds. The van der Waals surface area contributed by atoms with Crippen molar-refractivity contribution in [2.45, 2.75) is 6.42 Å². The number of aromatic nitrogens is 3. The number of hydrogen-bond donors (Lipinski definition) is 1. The highest BCUT2D eigenvalue weighted by Crippen LogP contribution is 2.28. The number of carbonyl (C=O) groups is 1. The van der Waals surface area contributed by atoms with Crippen molar-refractivity contribution in [3.05, 3.63) is 30.6 Å². The van der Waals surface area contributed by atoms with E-state index in [4.69, 9.17) is 0 Å². The van der Waals surface area contributed by atoms with Crippen molar-refractivity contribution in [2.75, 3.05) is 17.2 Å². The van der Waals surface area contributed by atoms with Gasteiger partial charge in [0.15, 0.2) is 5.82 Å². The average Bonchev–Trinajstić information content (AvgIpc) is 3.05. The molecule has 1 saturated heterocycles. The molecule has 20 heavy (non-hydrogen) atoms. The Morgan fingerprint density at radius 1 is 1.45 bits per heavy atom. The standard InChI is InChI=1S/C14H16N4OS/c1-17-9-15-16-14(17)11-3-2-4-12(6-11)18-7-10(8-20)5-13(18)19/h2-4,6,9-10,20H,5,7-8H2,1H3. The number of anilines is 1. The second kappa shape index (κ2) is 5.28. The first-order valence-corrected chi connectivity index (χ1v) is 7.18. The Kier molecular flexibility index (Phi) is 3.48. The van der Waals surface area contributed by atoms with Crippen molar-refractivity contribution in [2.24, 2.45) is 13.0 Å². The van der Waals surface area contributed by atoms with Crippen molar-refractivity contribution in [1.29, 1.82) is 0 Å². The monoisotopic (exact) mass is 288 g/mol. The highest BCUT2D eigenvalue weighted by Gasteiger charge is 2.29. The highest BCUT2D eigenvalue weighted by atomic mass is 32.1. The quantitative estimate of drug-likeness (QED) is 0.876. The van der Waals surface area contributed by atoms with E-state index in [9.17, 15) is 4.79 Å². The molecule has 1 fully saturated rings. The Morgan fingerprint density at radius 3 is 2.95 bits per heavy atom. The van der Waals surface area contributed by atoms with E-state index in [2.05, 4.69) is 22.8 Å². The SMILES string of the molecule is Cn1cnnc1-c1cccc(N2CC(CS)CC2=O)c1. The maximum atomic E-state index is 12.1. The molecule has 6 heteroatoms. The van der Waals surface area contributed by atoms with Crippen LogP contribution in [0.25, 0.3) is 11.4 Å². The molecule has 0 bridgehead atoms. The number of amides is 1. The van der Waals surface area contributed by atoms with Crippen LogP contribution in [0.1, 0.15) is 6.42 Å². The molecule has 1 aromatic heterocycles. The lowest BCUT2D eigenvalue weighted by Gasteiger charge is -2.17. The number of thiol groups is 1. The van der Waals surface area contributed by atoms with Crippen molar-refractivity contribution in [3.63, 3.8) is 0 Å². The van der Waals surface area contributed by atoms with Gasteiger partial charge in [-0.25, -0.2) is 0 Å². The van der Waals surface area contributed by atoms with Crippen LogP contribution in [-0.4, -0.2) is 33.0 Å². The Morgan fingerprint density at radius 2 is 2.30 bits per heavy atom. The molecular weight excluding hydrogens is 272 g/mol. The molecule has 0 radical (unpaired) electrons. The summed E-state index contributed by atoms with van der Waals surface area (Å²) in [7, 11) is 1.90. The Hall–Kier alpha value is -1.82. The van der Waals surface area contributed by atoms with Gasteiger partial charge >= 0.3 is 0 Å². The third-order valence-corrected chi connectivity index (χ3v) is 4.11. The van der Waals surface area contributed by atoms with Crippen molar-refractivity contribution < 1.29 is 4.79 Å². The molecule has 1 unspecified atom stereocenters. The van der Waals surface area contributed by atoms with Crippen LogP contribution in [0.15, 0.2) is 30.6 Å². The average molecular weight is 288 g/mol. The number of benzene rings is 1. The first-order valence-electron chi connectivity index (χ1n) is 6.54. The molecule has 1 aliphatic rings. The minimum Gasteiger partial charge on any atom is -0.317 e. The molecule has 0 saturated carbocycles. The van der Waals surface area contributed by atoms with Crippen molar-refractivity contribution in [3.8, 4) is 11.4 Å². The minimum absolute atomic E-state index is 0.166. The molecule has 2 heterocycles. The van der Waals surface area contributed by atoms with Gasteiger partial charge in [0, 0.05) is 31.3 Å². The van der Waals surface area contributed by atoms with Crippen LogP contribution in [0.5, 0.6) is 0 Å². The molecule has 104 valence electrons. The lowest BCUT2D eigenvalue weighted by molar-refractivity contribution is -0.117. The van der Waals surface area contributed by atoms with E-state index < -0.39 is 0 Å². The third-order valence-electron chi connectivity index (χ3n) is 3.59. The zero-order valence-corrected chi connectivity index (χ0v) is 12.1. The van der Waals surface area contributed by atoms with Gasteiger partial charge in [0.25, 0.3) is 0 Å². The summed E-state index contributed by atoms with van der Waals surface area (Å²) in [6, 6.07) is 7.87. The third kappa shape index (κ3) is 2.31. The van der Waals surface area contributed by atoms with Crippen LogP contribution in [-0.2, 0) is 11.8 Å². The van der Waals surface area contributed by atoms with E-state index in [0.717, 1.165) is 29.4 Å². The number of nitrogens with zero attached hydrogens (tertiary/aromatic N) is 4. The number of aryl methyl sites for hydroxylation is 1. The second-order valence-corrected chi connectivity index (χ2v) is 5.44. The molecule has 1 aromatic carbocycles. The molecule has 3 rings (SSSR count). The van der Waals surface area contributed by atoms with E-state index in [1.807, 2.05) is 40.8 Å². The summed E-state index contributed by atoms with van der Waals surface area (Å²) in [5.41, 5.74) is 1.88. The van der Waals surface area contributed by atoms with Crippen molar-refractivity contribution >= 4 is 24.2 Å². The molecule has 1 aliphatic heterocycles. The molecular formula is C14H16N4OS. The van der Waals surface area contributed by atoms with Crippen LogP contribution in [0, 0.1) is 5.92 Å². The van der Waals surface area contributed by atoms with Gasteiger partial charge in [-0.1, -0.05) is 12.1 Å². The van der Waals surface area contributed by atoms with Gasteiger partial charge < -0.3 is 9.47 Å². The van der Waals surface area contributed by atoms with Gasteiger partial charge in [0.05, 0.1) is 0 Å². The zero-order chi connectivity index (χ0) is 14.1. The Labute approximate surface area is 123 Å².